The van der Waals surface area contributed by atoms with Gasteiger partial charge in [0.1, 0.15) is 19.0 Å². The molecule has 28 heavy (non-hydrogen) atoms. The number of piperazine rings is 1. The molecule has 1 saturated heterocycles. The normalized spacial score (nSPS) is 14.9. The van der Waals surface area contributed by atoms with E-state index >= 15 is 0 Å². The lowest BCUT2D eigenvalue weighted by atomic mass is 10.2. The maximum Gasteiger partial charge on any atom is 0.161 e. The molecule has 1 aliphatic heterocycles. The first-order valence-electron chi connectivity index (χ1n) is 9.62. The molecule has 0 saturated carbocycles. The molecule has 0 radical (unpaired) electrons. The number of benzene rings is 2. The SMILES string of the molecule is C=CCOc1ccccc1OCCN1CCN(c2nsc3ccccc23)CC1. The molecule has 0 amide bonds. The van der Waals surface area contributed by atoms with Crippen LogP contribution in [-0.2, 0) is 0 Å². The van der Waals surface area contributed by atoms with E-state index in [4.69, 9.17) is 9.47 Å². The van der Waals surface area contributed by atoms with Crippen LogP contribution in [0.25, 0.3) is 10.1 Å². The summed E-state index contributed by atoms with van der Waals surface area (Å²) < 4.78 is 17.6. The fourth-order valence-electron chi connectivity index (χ4n) is 3.41. The second kappa shape index (κ2) is 9.08. The van der Waals surface area contributed by atoms with Crippen LogP contribution in [0, 0.1) is 0 Å². The van der Waals surface area contributed by atoms with Gasteiger partial charge in [-0.2, -0.15) is 4.37 Å². The van der Waals surface area contributed by atoms with E-state index in [1.807, 2.05) is 24.3 Å². The third-order valence-corrected chi connectivity index (χ3v) is 5.72. The minimum absolute atomic E-state index is 0.480. The minimum Gasteiger partial charge on any atom is -0.488 e. The second-order valence-electron chi connectivity index (χ2n) is 6.73. The Kier molecular flexibility index (Phi) is 6.09. The predicted octanol–water partition coefficient (Wildman–Crippen LogP) is 4.06. The van der Waals surface area contributed by atoms with Gasteiger partial charge in [-0.1, -0.05) is 36.9 Å². The first-order valence-corrected chi connectivity index (χ1v) is 10.4. The summed E-state index contributed by atoms with van der Waals surface area (Å²) in [4.78, 5) is 4.84. The zero-order chi connectivity index (χ0) is 19.2. The monoisotopic (exact) mass is 395 g/mol. The van der Waals surface area contributed by atoms with Gasteiger partial charge in [0.2, 0.25) is 0 Å². The number of anilines is 1. The van der Waals surface area contributed by atoms with Crippen LogP contribution in [0.1, 0.15) is 0 Å². The second-order valence-corrected chi connectivity index (χ2v) is 7.53. The lowest BCUT2D eigenvalue weighted by Crippen LogP contribution is -2.47. The molecule has 1 aliphatic rings. The van der Waals surface area contributed by atoms with E-state index in [1.54, 1.807) is 17.6 Å². The molecule has 146 valence electrons. The van der Waals surface area contributed by atoms with E-state index in [2.05, 4.69) is 45.0 Å². The smallest absolute Gasteiger partial charge is 0.161 e. The molecule has 5 nitrogen and oxygen atoms in total. The Labute approximate surface area is 170 Å². The van der Waals surface area contributed by atoms with Crippen molar-refractivity contribution >= 4 is 27.4 Å². The molecule has 0 aliphatic carbocycles. The Morgan fingerprint density at radius 1 is 0.964 bits per heavy atom. The fourth-order valence-corrected chi connectivity index (χ4v) is 4.20. The third-order valence-electron chi connectivity index (χ3n) is 4.90. The maximum absolute atomic E-state index is 5.97. The van der Waals surface area contributed by atoms with Crippen molar-refractivity contribution in [3.63, 3.8) is 0 Å². The van der Waals surface area contributed by atoms with Crippen molar-refractivity contribution in [1.29, 1.82) is 0 Å². The van der Waals surface area contributed by atoms with Gasteiger partial charge in [-0.15, -0.1) is 0 Å². The number of rotatable bonds is 8. The van der Waals surface area contributed by atoms with E-state index in [9.17, 15) is 0 Å². The van der Waals surface area contributed by atoms with Gasteiger partial charge in [-0.3, -0.25) is 4.90 Å². The highest BCUT2D eigenvalue weighted by atomic mass is 32.1. The molecule has 0 spiro atoms. The molecule has 3 aromatic rings. The van der Waals surface area contributed by atoms with Gasteiger partial charge in [-0.05, 0) is 35.8 Å². The maximum atomic E-state index is 5.97. The van der Waals surface area contributed by atoms with Crippen molar-refractivity contribution in [2.24, 2.45) is 0 Å². The van der Waals surface area contributed by atoms with Crippen molar-refractivity contribution in [2.75, 3.05) is 50.8 Å². The van der Waals surface area contributed by atoms with Gasteiger partial charge >= 0.3 is 0 Å². The summed E-state index contributed by atoms with van der Waals surface area (Å²) in [5, 5.41) is 1.26. The van der Waals surface area contributed by atoms with E-state index in [0.717, 1.165) is 50.0 Å². The molecule has 0 N–H and O–H groups in total. The van der Waals surface area contributed by atoms with Crippen LogP contribution in [0.15, 0.2) is 61.2 Å². The molecule has 0 atom stereocenters. The Balaban J connectivity index is 1.27. The van der Waals surface area contributed by atoms with Crippen molar-refractivity contribution < 1.29 is 9.47 Å². The molecule has 0 unspecified atom stereocenters. The minimum atomic E-state index is 0.480. The van der Waals surface area contributed by atoms with Crippen molar-refractivity contribution in [1.82, 2.24) is 9.27 Å². The average Bonchev–Trinajstić information content (AvgIpc) is 3.18. The Hall–Kier alpha value is -2.57. The number of aromatic nitrogens is 1. The number of hydrogen-bond acceptors (Lipinski definition) is 6. The summed E-state index contributed by atoms with van der Waals surface area (Å²) in [6.07, 6.45) is 1.74. The summed E-state index contributed by atoms with van der Waals surface area (Å²) in [7, 11) is 0. The number of ether oxygens (including phenoxy) is 2. The quantitative estimate of drug-likeness (QED) is 0.538. The summed E-state index contributed by atoms with van der Waals surface area (Å²) in [5.41, 5.74) is 0. The summed E-state index contributed by atoms with van der Waals surface area (Å²) in [5.74, 6) is 2.68. The zero-order valence-electron chi connectivity index (χ0n) is 15.9. The van der Waals surface area contributed by atoms with E-state index in [1.165, 1.54) is 10.1 Å². The third kappa shape index (κ3) is 4.29. The highest BCUT2D eigenvalue weighted by molar-refractivity contribution is 7.13. The summed E-state index contributed by atoms with van der Waals surface area (Å²) >= 11 is 1.58. The van der Waals surface area contributed by atoms with Crippen molar-refractivity contribution in [2.45, 2.75) is 0 Å². The molecular weight excluding hydrogens is 370 g/mol. The topological polar surface area (TPSA) is 37.8 Å². The summed E-state index contributed by atoms with van der Waals surface area (Å²) in [6.45, 7) is 9.74. The first-order chi connectivity index (χ1) is 13.8. The average molecular weight is 396 g/mol. The molecule has 0 bridgehead atoms. The predicted molar refractivity (Wildman–Crippen MR) is 116 cm³/mol. The standard InChI is InChI=1S/C22H25N3O2S/c1-2-16-26-19-8-4-5-9-20(19)27-17-15-24-11-13-25(14-12-24)22-18-7-3-6-10-21(18)28-23-22/h2-10H,1,11-17H2. The van der Waals surface area contributed by atoms with Crippen LogP contribution in [0.4, 0.5) is 5.82 Å². The zero-order valence-corrected chi connectivity index (χ0v) is 16.7. The molecule has 1 fully saturated rings. The number of hydrogen-bond donors (Lipinski definition) is 0. The van der Waals surface area contributed by atoms with Crippen LogP contribution in [-0.4, -0.2) is 55.2 Å². The largest absolute Gasteiger partial charge is 0.488 e. The van der Waals surface area contributed by atoms with Gasteiger partial charge in [-0.25, -0.2) is 0 Å². The number of fused-ring (bicyclic) bond motifs is 1. The fraction of sp³-hybridized carbons (Fsp3) is 0.318. The van der Waals surface area contributed by atoms with E-state index < -0.39 is 0 Å². The Bertz CT molecular complexity index is 919. The Morgan fingerprint density at radius 2 is 1.68 bits per heavy atom. The van der Waals surface area contributed by atoms with E-state index in [-0.39, 0.29) is 0 Å². The summed E-state index contributed by atoms with van der Waals surface area (Å²) in [6, 6.07) is 16.3. The van der Waals surface area contributed by atoms with Crippen LogP contribution < -0.4 is 14.4 Å². The molecule has 2 heterocycles. The Morgan fingerprint density at radius 3 is 2.46 bits per heavy atom. The van der Waals surface area contributed by atoms with Crippen LogP contribution in [0.3, 0.4) is 0 Å². The number of para-hydroxylation sites is 2. The highest BCUT2D eigenvalue weighted by Gasteiger charge is 2.20. The van der Waals surface area contributed by atoms with Gasteiger partial charge < -0.3 is 14.4 Å². The van der Waals surface area contributed by atoms with E-state index in [0.29, 0.717) is 13.2 Å². The van der Waals surface area contributed by atoms with Crippen LogP contribution in [0.2, 0.25) is 0 Å². The molecular formula is C22H25N3O2S. The van der Waals surface area contributed by atoms with Gasteiger partial charge in [0.05, 0.1) is 4.70 Å². The highest BCUT2D eigenvalue weighted by Crippen LogP contribution is 2.30. The van der Waals surface area contributed by atoms with Crippen LogP contribution in [0.5, 0.6) is 11.5 Å². The number of nitrogens with zero attached hydrogens (tertiary/aromatic N) is 3. The molecule has 1 aromatic heterocycles. The van der Waals surface area contributed by atoms with Crippen LogP contribution >= 0.6 is 11.5 Å². The van der Waals surface area contributed by atoms with Gasteiger partial charge in [0.15, 0.2) is 11.5 Å². The van der Waals surface area contributed by atoms with Gasteiger partial charge in [0, 0.05) is 38.1 Å². The lowest BCUT2D eigenvalue weighted by molar-refractivity contribution is 0.195. The molecule has 2 aromatic carbocycles. The molecule has 4 rings (SSSR count). The first kappa shape index (κ1) is 18.8. The lowest BCUT2D eigenvalue weighted by Gasteiger charge is -2.35. The van der Waals surface area contributed by atoms with Crippen molar-refractivity contribution in [3.8, 4) is 11.5 Å². The van der Waals surface area contributed by atoms with Gasteiger partial charge in [0.25, 0.3) is 0 Å². The molecule has 6 heteroatoms. The van der Waals surface area contributed by atoms with Crippen molar-refractivity contribution in [3.05, 3.63) is 61.2 Å².